The predicted molar refractivity (Wildman–Crippen MR) is 114 cm³/mol. The van der Waals surface area contributed by atoms with E-state index in [0.29, 0.717) is 26.7 Å². The van der Waals surface area contributed by atoms with E-state index in [-0.39, 0.29) is 18.0 Å². The molecular formula is C20H19Cl2N3O5S. The lowest BCUT2D eigenvalue weighted by Gasteiger charge is -2.29. The highest BCUT2D eigenvalue weighted by molar-refractivity contribution is 7.85. The first-order chi connectivity index (χ1) is 14.6. The minimum Gasteiger partial charge on any atom is -0.341 e. The van der Waals surface area contributed by atoms with Gasteiger partial charge in [0.05, 0.1) is 16.5 Å². The maximum atomic E-state index is 11.8. The Morgan fingerprint density at radius 1 is 1.26 bits per heavy atom. The Kier molecular flexibility index (Phi) is 5.84. The van der Waals surface area contributed by atoms with Crippen molar-refractivity contribution in [2.45, 2.75) is 37.2 Å². The molecule has 2 heterocycles. The zero-order valence-corrected chi connectivity index (χ0v) is 18.9. The average molecular weight is 484 g/mol. The van der Waals surface area contributed by atoms with E-state index < -0.39 is 22.0 Å². The highest BCUT2D eigenvalue weighted by Crippen LogP contribution is 2.46. The molecule has 2 atom stereocenters. The first-order valence-corrected chi connectivity index (χ1v) is 11.5. The van der Waals surface area contributed by atoms with E-state index in [0.717, 1.165) is 5.56 Å². The van der Waals surface area contributed by atoms with Crippen molar-refractivity contribution in [2.24, 2.45) is 0 Å². The van der Waals surface area contributed by atoms with Gasteiger partial charge in [-0.1, -0.05) is 35.3 Å². The Bertz CT molecular complexity index is 1230. The molecule has 1 aromatic heterocycles. The van der Waals surface area contributed by atoms with Gasteiger partial charge in [0.1, 0.15) is 25.3 Å². The third-order valence-corrected chi connectivity index (χ3v) is 6.81. The predicted octanol–water partition coefficient (Wildman–Crippen LogP) is 4.09. The molecule has 2 aromatic carbocycles. The molecule has 3 aromatic rings. The molecule has 1 N–H and O–H groups in total. The summed E-state index contributed by atoms with van der Waals surface area (Å²) in [5.74, 6) is -1.31. The van der Waals surface area contributed by atoms with E-state index in [9.17, 15) is 13.0 Å². The Balaban J connectivity index is 1.80. The van der Waals surface area contributed by atoms with Gasteiger partial charge in [-0.2, -0.15) is 13.5 Å². The van der Waals surface area contributed by atoms with Crippen LogP contribution in [0.1, 0.15) is 28.4 Å². The van der Waals surface area contributed by atoms with Gasteiger partial charge >= 0.3 is 0 Å². The fourth-order valence-electron chi connectivity index (χ4n) is 3.90. The Labute approximate surface area is 189 Å². The zero-order chi connectivity index (χ0) is 22.4. The summed E-state index contributed by atoms with van der Waals surface area (Å²) < 4.78 is 47.4. The zero-order valence-electron chi connectivity index (χ0n) is 16.6. The van der Waals surface area contributed by atoms with E-state index in [1.54, 1.807) is 35.9 Å². The number of aryl methyl sites for hydroxylation is 1. The molecule has 0 saturated carbocycles. The molecule has 1 fully saturated rings. The van der Waals surface area contributed by atoms with Crippen molar-refractivity contribution < 1.29 is 22.4 Å². The van der Waals surface area contributed by atoms with Crippen molar-refractivity contribution in [1.82, 2.24) is 14.8 Å². The summed E-state index contributed by atoms with van der Waals surface area (Å²) in [5.41, 5.74) is 2.38. The van der Waals surface area contributed by atoms with E-state index in [1.165, 1.54) is 18.7 Å². The minimum atomic E-state index is -4.39. The summed E-state index contributed by atoms with van der Waals surface area (Å²) in [4.78, 5) is 3.79. The van der Waals surface area contributed by atoms with Crippen LogP contribution in [0.5, 0.6) is 0 Å². The summed E-state index contributed by atoms with van der Waals surface area (Å²) in [6.45, 7) is 3.75. The van der Waals surface area contributed by atoms with Crippen LogP contribution in [0.4, 0.5) is 0 Å². The molecule has 0 unspecified atom stereocenters. The van der Waals surface area contributed by atoms with Crippen LogP contribution in [-0.4, -0.2) is 34.3 Å². The second kappa shape index (κ2) is 8.16. The molecular weight excluding hydrogens is 465 g/mol. The number of hydrogen-bond donors (Lipinski definition) is 1. The van der Waals surface area contributed by atoms with Crippen LogP contribution < -0.4 is 0 Å². The monoisotopic (exact) mass is 483 g/mol. The first-order valence-electron chi connectivity index (χ1n) is 9.28. The van der Waals surface area contributed by atoms with Crippen molar-refractivity contribution in [3.8, 4) is 0 Å². The molecule has 164 valence electrons. The molecule has 0 spiro atoms. The van der Waals surface area contributed by atoms with Gasteiger partial charge in [0.2, 0.25) is 5.79 Å². The largest absolute Gasteiger partial charge is 0.341 e. The number of ether oxygens (including phenoxy) is 2. The smallest absolute Gasteiger partial charge is 0.294 e. The third-order valence-electron chi connectivity index (χ3n) is 5.26. The van der Waals surface area contributed by atoms with Gasteiger partial charge in [-0.05, 0) is 48.7 Å². The lowest BCUT2D eigenvalue weighted by molar-refractivity contribution is -0.189. The number of nitrogens with zero attached hydrogens (tertiary/aromatic N) is 3. The van der Waals surface area contributed by atoms with Gasteiger partial charge in [-0.25, -0.2) is 9.67 Å². The van der Waals surface area contributed by atoms with Gasteiger partial charge in [0.25, 0.3) is 10.1 Å². The molecule has 31 heavy (non-hydrogen) atoms. The topological polar surface area (TPSA) is 104 Å². The van der Waals surface area contributed by atoms with E-state index >= 15 is 0 Å². The van der Waals surface area contributed by atoms with E-state index in [1.807, 2.05) is 6.92 Å². The maximum Gasteiger partial charge on any atom is 0.294 e. The van der Waals surface area contributed by atoms with Crippen LogP contribution in [0.2, 0.25) is 10.0 Å². The minimum absolute atomic E-state index is 0.129. The number of halogens is 2. The lowest BCUT2D eigenvalue weighted by Crippen LogP contribution is -2.33. The van der Waals surface area contributed by atoms with Crippen LogP contribution in [0, 0.1) is 13.8 Å². The first kappa shape index (κ1) is 22.2. The normalized spacial score (nSPS) is 21.5. The Morgan fingerprint density at radius 2 is 2.03 bits per heavy atom. The highest BCUT2D eigenvalue weighted by atomic mass is 35.5. The molecule has 8 nitrogen and oxygen atoms in total. The molecule has 11 heteroatoms. The Hall–Kier alpha value is -2.01. The summed E-state index contributed by atoms with van der Waals surface area (Å²) in [5, 5.41) is 4.96. The van der Waals surface area contributed by atoms with E-state index in [2.05, 4.69) is 10.1 Å². The van der Waals surface area contributed by atoms with Gasteiger partial charge in [0, 0.05) is 10.6 Å². The van der Waals surface area contributed by atoms with Gasteiger partial charge in [0.15, 0.2) is 0 Å². The Morgan fingerprint density at radius 3 is 2.68 bits per heavy atom. The molecule has 0 aliphatic carbocycles. The molecule has 0 radical (unpaired) electrons. The fraction of sp³-hybridized carbons (Fsp3) is 0.300. The second-order valence-electron chi connectivity index (χ2n) is 7.28. The SMILES string of the molecule is Cc1ccc(S(=O)(=O)O)c(C)c1[C@@H]1CO[C@@](Cn2cncn2)(c2ccc(Cl)cc2Cl)O1. The molecule has 1 aliphatic rings. The van der Waals surface area contributed by atoms with Crippen LogP contribution in [0.15, 0.2) is 47.9 Å². The van der Waals surface area contributed by atoms with Crippen molar-refractivity contribution in [1.29, 1.82) is 0 Å². The van der Waals surface area contributed by atoms with E-state index in [4.69, 9.17) is 32.7 Å². The fourth-order valence-corrected chi connectivity index (χ4v) is 5.19. The number of benzene rings is 2. The second-order valence-corrected chi connectivity index (χ2v) is 9.52. The van der Waals surface area contributed by atoms with Crippen LogP contribution in [0.3, 0.4) is 0 Å². The third kappa shape index (κ3) is 4.21. The summed E-state index contributed by atoms with van der Waals surface area (Å²) in [6.07, 6.45) is 2.31. The summed E-state index contributed by atoms with van der Waals surface area (Å²) >= 11 is 12.5. The van der Waals surface area contributed by atoms with Gasteiger partial charge < -0.3 is 9.47 Å². The number of aromatic nitrogens is 3. The van der Waals surface area contributed by atoms with Crippen LogP contribution in [0.25, 0.3) is 0 Å². The molecule has 1 aliphatic heterocycles. The van der Waals surface area contributed by atoms with Crippen molar-refractivity contribution in [3.63, 3.8) is 0 Å². The molecule has 1 saturated heterocycles. The molecule has 0 amide bonds. The number of rotatable bonds is 5. The molecule has 0 bridgehead atoms. The lowest BCUT2D eigenvalue weighted by atomic mass is 9.98. The molecule has 4 rings (SSSR count). The standard InChI is InChI=1S/C20H19Cl2N3O5S/c1-12-3-6-18(31(26,27)28)13(2)19(12)17-8-29-20(30-17,9-25-11-23-10-24-25)15-5-4-14(21)7-16(15)22/h3-7,10-11,17H,8-9H2,1-2H3,(H,26,27,28)/t17-,20+/m0/s1. The average Bonchev–Trinajstić information content (AvgIpc) is 3.32. The maximum absolute atomic E-state index is 11.8. The quantitative estimate of drug-likeness (QED) is 0.544. The van der Waals surface area contributed by atoms with Crippen LogP contribution in [-0.2, 0) is 31.9 Å². The summed E-state index contributed by atoms with van der Waals surface area (Å²) in [6, 6.07) is 8.00. The van der Waals surface area contributed by atoms with Crippen molar-refractivity contribution in [3.05, 3.63) is 75.3 Å². The van der Waals surface area contributed by atoms with Crippen molar-refractivity contribution in [2.75, 3.05) is 6.61 Å². The highest BCUT2D eigenvalue weighted by Gasteiger charge is 2.46. The van der Waals surface area contributed by atoms with Crippen LogP contribution >= 0.6 is 23.2 Å². The van der Waals surface area contributed by atoms with Crippen molar-refractivity contribution >= 4 is 33.3 Å². The summed E-state index contributed by atoms with van der Waals surface area (Å²) in [7, 11) is -4.39. The number of hydrogen-bond acceptors (Lipinski definition) is 6. The van der Waals surface area contributed by atoms with Gasteiger partial charge in [-0.3, -0.25) is 4.55 Å². The van der Waals surface area contributed by atoms with Gasteiger partial charge in [-0.15, -0.1) is 0 Å².